The molecule has 0 aliphatic heterocycles. The zero-order valence-corrected chi connectivity index (χ0v) is 5.90. The Morgan fingerprint density at radius 2 is 1.00 bits per heavy atom. The van der Waals surface area contributed by atoms with E-state index in [1.165, 1.54) is 0 Å². The normalized spacial score (nSPS) is 1.00. The first-order valence-corrected chi connectivity index (χ1v) is 4.39. The molecular weight excluding hydrogens is 186 g/mol. The Hall–Kier alpha value is 1.01. The van der Waals surface area contributed by atoms with E-state index in [1.54, 1.807) is 0 Å². The fraction of sp³-hybridized carbons (Fsp3) is 0. The molecular formula is H3ClO2Sn. The summed E-state index contributed by atoms with van der Waals surface area (Å²) in [6, 6.07) is 0. The van der Waals surface area contributed by atoms with Gasteiger partial charge in [-0.25, -0.2) is 0 Å². The summed E-state index contributed by atoms with van der Waals surface area (Å²) >= 11 is 0.822. The summed E-state index contributed by atoms with van der Waals surface area (Å²) in [5.74, 6) is 0. The van der Waals surface area contributed by atoms with Crippen molar-refractivity contribution >= 4 is 30.3 Å². The largest absolute Gasteiger partial charge is 0.870 e. The molecule has 0 rings (SSSR count). The van der Waals surface area contributed by atoms with Crippen molar-refractivity contribution in [1.82, 2.24) is 0 Å². The average molecular weight is 189 g/mol. The van der Waals surface area contributed by atoms with E-state index in [-0.39, 0.29) is 11.0 Å². The standard InChI is InChI=1S/ClH.2H2O.Sn.H/h1H;2*1H2;;/q;;;+3;/p-3. The molecule has 0 spiro atoms. The molecule has 2 N–H and O–H groups in total. The van der Waals surface area contributed by atoms with E-state index in [4.69, 9.17) is 8.92 Å². The maximum absolute atomic E-state index is 4.77. The third-order valence-electron chi connectivity index (χ3n) is 0. The van der Waals surface area contributed by atoms with Crippen LogP contribution in [0.3, 0.4) is 0 Å². The molecule has 26 valence electrons. The summed E-state index contributed by atoms with van der Waals surface area (Å²) in [7, 11) is 4.77. The van der Waals surface area contributed by atoms with Gasteiger partial charge in [0.25, 0.3) is 0 Å². The molecule has 0 aliphatic rings. The van der Waals surface area contributed by atoms with Gasteiger partial charge < -0.3 is 11.0 Å². The molecule has 4 heavy (non-hydrogen) atoms. The van der Waals surface area contributed by atoms with Crippen LogP contribution in [-0.2, 0) is 0 Å². The predicted molar refractivity (Wildman–Crippen MR) is 16.9 cm³/mol. The molecule has 0 heterocycles. The second kappa shape index (κ2) is 35.7. The van der Waals surface area contributed by atoms with Gasteiger partial charge >= 0.3 is 30.3 Å². The minimum absolute atomic E-state index is 0. The van der Waals surface area contributed by atoms with Crippen LogP contribution in [-0.4, -0.2) is 32.4 Å². The van der Waals surface area contributed by atoms with Crippen LogP contribution in [0.5, 0.6) is 0 Å². The SMILES string of the molecule is [Cl][SnH+2].[OH-].[OH-]. The van der Waals surface area contributed by atoms with Crippen LogP contribution in [0.1, 0.15) is 0 Å². The first-order chi connectivity index (χ1) is 1.00. The van der Waals surface area contributed by atoms with Crippen molar-refractivity contribution in [3.63, 3.8) is 0 Å². The van der Waals surface area contributed by atoms with Crippen LogP contribution >= 0.6 is 8.92 Å². The summed E-state index contributed by atoms with van der Waals surface area (Å²) < 4.78 is 0. The van der Waals surface area contributed by atoms with E-state index < -0.39 is 0 Å². The Bertz CT molecular complexity index is 6.00. The Morgan fingerprint density at radius 3 is 1.00 bits per heavy atom. The maximum atomic E-state index is 4.77. The second-order valence-corrected chi connectivity index (χ2v) is 0. The molecule has 0 aromatic carbocycles. The van der Waals surface area contributed by atoms with Crippen LogP contribution in [0.2, 0.25) is 0 Å². The molecule has 0 atom stereocenters. The molecule has 0 radical (unpaired) electrons. The average Bonchev–Trinajstić information content (AvgIpc) is 1.00. The third-order valence-corrected chi connectivity index (χ3v) is 0. The van der Waals surface area contributed by atoms with E-state index in [1.807, 2.05) is 0 Å². The number of hydrogen-bond acceptors (Lipinski definition) is 2. The first kappa shape index (κ1) is 19.9. The van der Waals surface area contributed by atoms with Crippen LogP contribution in [0.15, 0.2) is 0 Å². The van der Waals surface area contributed by atoms with E-state index in [0.29, 0.717) is 0 Å². The third kappa shape index (κ3) is 11.9. The molecule has 0 unspecified atom stereocenters. The minimum atomic E-state index is 0. The summed E-state index contributed by atoms with van der Waals surface area (Å²) in [6.07, 6.45) is 0. The fourth-order valence-electron chi connectivity index (χ4n) is 0. The number of halogens is 1. The van der Waals surface area contributed by atoms with Crippen molar-refractivity contribution in [2.45, 2.75) is 0 Å². The number of rotatable bonds is 0. The van der Waals surface area contributed by atoms with E-state index in [2.05, 4.69) is 0 Å². The van der Waals surface area contributed by atoms with Gasteiger partial charge in [-0.1, -0.05) is 0 Å². The number of hydrogen-bond donors (Lipinski definition) is 0. The Labute approximate surface area is 41.6 Å². The fourth-order valence-corrected chi connectivity index (χ4v) is 0. The molecule has 0 saturated heterocycles. The zero-order chi connectivity index (χ0) is 2.00. The van der Waals surface area contributed by atoms with E-state index in [0.717, 1.165) is 21.4 Å². The van der Waals surface area contributed by atoms with Crippen molar-refractivity contribution in [2.24, 2.45) is 0 Å². The molecule has 0 aromatic rings. The van der Waals surface area contributed by atoms with Gasteiger partial charge in [0.1, 0.15) is 0 Å². The van der Waals surface area contributed by atoms with Crippen LogP contribution in [0.4, 0.5) is 0 Å². The Kier molecular flexibility index (Phi) is 178. The molecule has 0 aromatic heterocycles. The molecule has 0 fully saturated rings. The second-order valence-electron chi connectivity index (χ2n) is 0. The molecule has 4 heteroatoms. The smallest absolute Gasteiger partial charge is 0.870 e. The van der Waals surface area contributed by atoms with Crippen LogP contribution in [0.25, 0.3) is 0 Å². The van der Waals surface area contributed by atoms with Gasteiger partial charge in [-0.05, 0) is 0 Å². The van der Waals surface area contributed by atoms with Crippen molar-refractivity contribution in [1.29, 1.82) is 0 Å². The Morgan fingerprint density at radius 1 is 1.00 bits per heavy atom. The topological polar surface area (TPSA) is 60.0 Å². The molecule has 0 saturated carbocycles. The van der Waals surface area contributed by atoms with E-state index >= 15 is 0 Å². The van der Waals surface area contributed by atoms with Gasteiger partial charge in [0.05, 0.1) is 0 Å². The van der Waals surface area contributed by atoms with Gasteiger partial charge in [-0.2, -0.15) is 0 Å². The van der Waals surface area contributed by atoms with Crippen LogP contribution < -0.4 is 0 Å². The molecule has 0 aliphatic carbocycles. The van der Waals surface area contributed by atoms with Crippen molar-refractivity contribution in [3.8, 4) is 0 Å². The van der Waals surface area contributed by atoms with Gasteiger partial charge in [-0.3, -0.25) is 0 Å². The van der Waals surface area contributed by atoms with Gasteiger partial charge in [0.2, 0.25) is 0 Å². The monoisotopic (exact) mass is 190 g/mol. The summed E-state index contributed by atoms with van der Waals surface area (Å²) in [4.78, 5) is 0. The van der Waals surface area contributed by atoms with Gasteiger partial charge in [-0.15, -0.1) is 0 Å². The quantitative estimate of drug-likeness (QED) is 0.490. The van der Waals surface area contributed by atoms with Gasteiger partial charge in [0, 0.05) is 0 Å². The van der Waals surface area contributed by atoms with Gasteiger partial charge in [0.15, 0.2) is 0 Å². The Balaban J connectivity index is -0.00000000500. The molecule has 0 amide bonds. The summed E-state index contributed by atoms with van der Waals surface area (Å²) in [5, 5.41) is 0. The first-order valence-electron chi connectivity index (χ1n) is 0.218. The predicted octanol–water partition coefficient (Wildman–Crippen LogP) is -0.313. The van der Waals surface area contributed by atoms with Crippen molar-refractivity contribution in [3.05, 3.63) is 0 Å². The van der Waals surface area contributed by atoms with Crippen molar-refractivity contribution in [2.75, 3.05) is 0 Å². The summed E-state index contributed by atoms with van der Waals surface area (Å²) in [6.45, 7) is 0. The maximum Gasteiger partial charge on any atom is -0.870 e. The van der Waals surface area contributed by atoms with E-state index in [9.17, 15) is 0 Å². The van der Waals surface area contributed by atoms with Crippen molar-refractivity contribution < 1.29 is 11.0 Å². The van der Waals surface area contributed by atoms with Crippen LogP contribution in [0, 0.1) is 0 Å². The minimum Gasteiger partial charge on any atom is -0.870 e. The molecule has 0 bridgehead atoms. The summed E-state index contributed by atoms with van der Waals surface area (Å²) in [5.41, 5.74) is 0. The zero-order valence-electron chi connectivity index (χ0n) is 1.85. The molecule has 2 nitrogen and oxygen atoms in total.